The molecule has 1 rings (SSSR count). The van der Waals surface area contributed by atoms with Crippen molar-refractivity contribution in [1.82, 2.24) is 0 Å². The van der Waals surface area contributed by atoms with Gasteiger partial charge in [-0.25, -0.2) is 0 Å². The molecule has 0 bridgehead atoms. The van der Waals surface area contributed by atoms with E-state index in [4.69, 9.17) is 0 Å². The smallest absolute Gasteiger partial charge is 0.0868 e. The summed E-state index contributed by atoms with van der Waals surface area (Å²) in [4.78, 5) is 0. The average Bonchev–Trinajstić information content (AvgIpc) is 2.27. The fraction of sp³-hybridized carbons (Fsp3) is 0.600. The molecule has 0 saturated carbocycles. The van der Waals surface area contributed by atoms with E-state index in [-0.39, 0.29) is 0 Å². The molecule has 0 saturated heterocycles. The van der Waals surface area contributed by atoms with E-state index < -0.39 is 5.60 Å². The maximum absolute atomic E-state index is 10.4. The Hall–Kier alpha value is -0.820. The molecular weight excluding hydrogens is 196 g/mol. The van der Waals surface area contributed by atoms with E-state index in [1.54, 1.807) is 0 Å². The molecule has 0 aliphatic carbocycles. The Morgan fingerprint density at radius 3 is 2.19 bits per heavy atom. The lowest BCUT2D eigenvalue weighted by molar-refractivity contribution is 0.0420. The van der Waals surface area contributed by atoms with E-state index in [2.05, 4.69) is 45.0 Å². The molecule has 0 fully saturated rings. The summed E-state index contributed by atoms with van der Waals surface area (Å²) in [5.74, 6) is 0.640. The van der Waals surface area contributed by atoms with Crippen molar-refractivity contribution in [1.29, 1.82) is 0 Å². The fourth-order valence-electron chi connectivity index (χ4n) is 1.81. The van der Waals surface area contributed by atoms with Crippen molar-refractivity contribution in [3.8, 4) is 0 Å². The average molecular weight is 220 g/mol. The molecule has 1 atom stereocenters. The number of hydrogen-bond donors (Lipinski definition) is 1. The van der Waals surface area contributed by atoms with Crippen LogP contribution in [0, 0.1) is 5.92 Å². The summed E-state index contributed by atoms with van der Waals surface area (Å²) in [6, 6.07) is 8.33. The molecule has 1 aromatic rings. The molecule has 16 heavy (non-hydrogen) atoms. The normalized spacial score (nSPS) is 15.1. The van der Waals surface area contributed by atoms with Gasteiger partial charge in [-0.3, -0.25) is 0 Å². The van der Waals surface area contributed by atoms with Crippen LogP contribution in [0.3, 0.4) is 0 Å². The Balaban J connectivity index is 2.72. The zero-order chi connectivity index (χ0) is 12.2. The Morgan fingerprint density at radius 2 is 1.75 bits per heavy atom. The van der Waals surface area contributed by atoms with E-state index in [0.717, 1.165) is 24.8 Å². The van der Waals surface area contributed by atoms with Crippen molar-refractivity contribution in [2.75, 3.05) is 0 Å². The number of aliphatic hydroxyl groups is 1. The van der Waals surface area contributed by atoms with Crippen LogP contribution < -0.4 is 0 Å². The first-order valence-corrected chi connectivity index (χ1v) is 6.27. The van der Waals surface area contributed by atoms with Crippen LogP contribution in [-0.4, -0.2) is 5.11 Å². The number of hydrogen-bond acceptors (Lipinski definition) is 1. The van der Waals surface area contributed by atoms with E-state index in [0.29, 0.717) is 5.92 Å². The summed E-state index contributed by atoms with van der Waals surface area (Å²) in [5.41, 5.74) is 1.67. The topological polar surface area (TPSA) is 20.2 Å². The molecule has 1 nitrogen and oxygen atoms in total. The molecule has 0 amide bonds. The maximum atomic E-state index is 10.4. The summed E-state index contributed by atoms with van der Waals surface area (Å²) in [6.07, 6.45) is 2.94. The van der Waals surface area contributed by atoms with Gasteiger partial charge in [0.1, 0.15) is 0 Å². The minimum atomic E-state index is -0.684. The van der Waals surface area contributed by atoms with Crippen molar-refractivity contribution in [2.45, 2.75) is 52.6 Å². The summed E-state index contributed by atoms with van der Waals surface area (Å²) in [5, 5.41) is 10.4. The van der Waals surface area contributed by atoms with Gasteiger partial charge in [0.25, 0.3) is 0 Å². The van der Waals surface area contributed by atoms with Crippen molar-refractivity contribution in [2.24, 2.45) is 5.92 Å². The van der Waals surface area contributed by atoms with E-state index >= 15 is 0 Å². The van der Waals surface area contributed by atoms with Crippen molar-refractivity contribution in [3.05, 3.63) is 35.4 Å². The lowest BCUT2D eigenvalue weighted by Crippen LogP contribution is -2.21. The Morgan fingerprint density at radius 1 is 1.19 bits per heavy atom. The van der Waals surface area contributed by atoms with Crippen molar-refractivity contribution in [3.63, 3.8) is 0 Å². The summed E-state index contributed by atoms with van der Waals surface area (Å²) in [7, 11) is 0. The molecule has 1 unspecified atom stereocenters. The molecule has 0 heterocycles. The summed E-state index contributed by atoms with van der Waals surface area (Å²) >= 11 is 0. The SMILES string of the molecule is CCc1ccc(C(C)(O)CCC(C)C)cc1. The highest BCUT2D eigenvalue weighted by atomic mass is 16.3. The quantitative estimate of drug-likeness (QED) is 0.798. The van der Waals surface area contributed by atoms with E-state index in [9.17, 15) is 5.11 Å². The van der Waals surface area contributed by atoms with E-state index in [1.165, 1.54) is 5.56 Å². The highest BCUT2D eigenvalue weighted by Crippen LogP contribution is 2.27. The third kappa shape index (κ3) is 3.64. The van der Waals surface area contributed by atoms with Gasteiger partial charge >= 0.3 is 0 Å². The molecule has 0 aliphatic rings. The van der Waals surface area contributed by atoms with Gasteiger partial charge in [0.05, 0.1) is 5.60 Å². The van der Waals surface area contributed by atoms with E-state index in [1.807, 2.05) is 6.92 Å². The van der Waals surface area contributed by atoms with Gasteiger partial charge in [-0.1, -0.05) is 45.0 Å². The molecule has 0 radical (unpaired) electrons. The van der Waals surface area contributed by atoms with Crippen LogP contribution in [-0.2, 0) is 12.0 Å². The van der Waals surface area contributed by atoms with Gasteiger partial charge in [-0.15, -0.1) is 0 Å². The number of aryl methyl sites for hydroxylation is 1. The monoisotopic (exact) mass is 220 g/mol. The summed E-state index contributed by atoms with van der Waals surface area (Å²) < 4.78 is 0. The number of rotatable bonds is 5. The van der Waals surface area contributed by atoms with Gasteiger partial charge < -0.3 is 5.11 Å². The third-order valence-electron chi connectivity index (χ3n) is 3.19. The second-order valence-electron chi connectivity index (χ2n) is 5.26. The second-order valence-corrected chi connectivity index (χ2v) is 5.26. The van der Waals surface area contributed by atoms with Crippen LogP contribution in [0.1, 0.15) is 51.7 Å². The lowest BCUT2D eigenvalue weighted by atomic mass is 9.88. The third-order valence-corrected chi connectivity index (χ3v) is 3.19. The summed E-state index contributed by atoms with van der Waals surface area (Å²) in [6.45, 7) is 8.44. The van der Waals surface area contributed by atoms with Crippen LogP contribution in [0.5, 0.6) is 0 Å². The van der Waals surface area contributed by atoms with Gasteiger partial charge in [0.2, 0.25) is 0 Å². The second kappa shape index (κ2) is 5.49. The predicted molar refractivity (Wildman–Crippen MR) is 69.5 cm³/mol. The molecule has 0 spiro atoms. The molecule has 1 aromatic carbocycles. The highest BCUT2D eigenvalue weighted by molar-refractivity contribution is 5.26. The van der Waals surface area contributed by atoms with Gasteiger partial charge in [0, 0.05) is 0 Å². The van der Waals surface area contributed by atoms with Crippen molar-refractivity contribution < 1.29 is 5.11 Å². The molecule has 0 aliphatic heterocycles. The zero-order valence-electron chi connectivity index (χ0n) is 11.0. The molecule has 1 heteroatoms. The van der Waals surface area contributed by atoms with Crippen LogP contribution in [0.4, 0.5) is 0 Å². The van der Waals surface area contributed by atoms with Crippen LogP contribution in [0.2, 0.25) is 0 Å². The first-order chi connectivity index (χ1) is 7.45. The maximum Gasteiger partial charge on any atom is 0.0868 e. The largest absolute Gasteiger partial charge is 0.385 e. The zero-order valence-corrected chi connectivity index (χ0v) is 11.0. The standard InChI is InChI=1S/C15H24O/c1-5-13-6-8-14(9-7-13)15(4,16)11-10-12(2)3/h6-9,12,16H,5,10-11H2,1-4H3. The van der Waals surface area contributed by atoms with Crippen LogP contribution in [0.25, 0.3) is 0 Å². The first-order valence-electron chi connectivity index (χ1n) is 6.27. The molecule has 90 valence electrons. The van der Waals surface area contributed by atoms with Crippen LogP contribution >= 0.6 is 0 Å². The first kappa shape index (κ1) is 13.2. The predicted octanol–water partition coefficient (Wildman–Crippen LogP) is 3.89. The minimum absolute atomic E-state index is 0.640. The Kier molecular flexibility index (Phi) is 4.55. The van der Waals surface area contributed by atoms with Crippen LogP contribution in [0.15, 0.2) is 24.3 Å². The minimum Gasteiger partial charge on any atom is -0.385 e. The van der Waals surface area contributed by atoms with Crippen molar-refractivity contribution >= 4 is 0 Å². The van der Waals surface area contributed by atoms with Gasteiger partial charge in [-0.05, 0) is 43.2 Å². The Bertz CT molecular complexity index is 309. The lowest BCUT2D eigenvalue weighted by Gasteiger charge is -2.25. The van der Waals surface area contributed by atoms with Gasteiger partial charge in [-0.2, -0.15) is 0 Å². The molecular formula is C15H24O. The molecule has 1 N–H and O–H groups in total. The number of benzene rings is 1. The fourth-order valence-corrected chi connectivity index (χ4v) is 1.81. The van der Waals surface area contributed by atoms with Gasteiger partial charge in [0.15, 0.2) is 0 Å². The highest BCUT2D eigenvalue weighted by Gasteiger charge is 2.22. The Labute approximate surface area is 99.5 Å². The molecule has 0 aromatic heterocycles.